The van der Waals surface area contributed by atoms with Crippen molar-refractivity contribution in [2.45, 2.75) is 0 Å². The lowest BCUT2D eigenvalue weighted by molar-refractivity contribution is -0.384. The van der Waals surface area contributed by atoms with E-state index in [1.54, 1.807) is 24.3 Å². The first-order chi connectivity index (χ1) is 15.4. The highest BCUT2D eigenvalue weighted by molar-refractivity contribution is 6.08. The van der Waals surface area contributed by atoms with Crippen molar-refractivity contribution in [2.75, 3.05) is 0 Å². The van der Waals surface area contributed by atoms with E-state index in [-0.39, 0.29) is 11.3 Å². The number of carbonyl (C=O) groups is 1. The van der Waals surface area contributed by atoms with E-state index in [0.717, 1.165) is 5.39 Å². The molecule has 0 aliphatic carbocycles. The lowest BCUT2D eigenvalue weighted by atomic mass is 10.0. The molecular weight excluding hydrogens is 412 g/mol. The van der Waals surface area contributed by atoms with Crippen LogP contribution in [0.1, 0.15) is 10.4 Å². The van der Waals surface area contributed by atoms with Gasteiger partial charge in [-0.1, -0.05) is 24.3 Å². The maximum absolute atomic E-state index is 13.5. The molecule has 3 aromatic carbocycles. The Morgan fingerprint density at radius 2 is 1.78 bits per heavy atom. The highest BCUT2D eigenvalue weighted by atomic mass is 16.6. The summed E-state index contributed by atoms with van der Waals surface area (Å²) in [5.41, 5.74) is 2.04. The first-order valence-corrected chi connectivity index (χ1v) is 9.56. The highest BCUT2D eigenvalue weighted by Gasteiger charge is 2.19. The Morgan fingerprint density at radius 3 is 2.50 bits per heavy atom. The van der Waals surface area contributed by atoms with Gasteiger partial charge in [0.1, 0.15) is 0 Å². The van der Waals surface area contributed by atoms with Gasteiger partial charge in [0, 0.05) is 23.1 Å². The smallest absolute Gasteiger partial charge is 0.335 e. The van der Waals surface area contributed by atoms with Crippen molar-refractivity contribution in [1.29, 1.82) is 0 Å². The van der Waals surface area contributed by atoms with E-state index in [1.165, 1.54) is 28.9 Å². The van der Waals surface area contributed by atoms with Crippen LogP contribution in [0.4, 0.5) is 5.69 Å². The summed E-state index contributed by atoms with van der Waals surface area (Å²) in [6, 6.07) is 19.2. The maximum atomic E-state index is 13.5. The molecule has 0 aliphatic rings. The van der Waals surface area contributed by atoms with Crippen LogP contribution in [0.15, 0.2) is 77.6 Å². The summed E-state index contributed by atoms with van der Waals surface area (Å²) < 4.78 is 1.28. The lowest BCUT2D eigenvalue weighted by Gasteiger charge is -2.05. The normalized spacial score (nSPS) is 11.1. The van der Waals surface area contributed by atoms with Gasteiger partial charge in [-0.15, -0.1) is 0 Å². The molecule has 156 valence electrons. The summed E-state index contributed by atoms with van der Waals surface area (Å²) in [7, 11) is 0. The highest BCUT2D eigenvalue weighted by Crippen LogP contribution is 2.31. The number of non-ortho nitro benzene ring substituents is 1. The molecule has 0 atom stereocenters. The largest absolute Gasteiger partial charge is 0.478 e. The van der Waals surface area contributed by atoms with Crippen LogP contribution in [0.2, 0.25) is 0 Å². The van der Waals surface area contributed by atoms with Crippen molar-refractivity contribution in [3.8, 4) is 16.9 Å². The number of hydrogen-bond acceptors (Lipinski definition) is 5. The molecule has 0 radical (unpaired) electrons. The van der Waals surface area contributed by atoms with Gasteiger partial charge in [-0.2, -0.15) is 0 Å². The average molecular weight is 426 g/mol. The van der Waals surface area contributed by atoms with Crippen LogP contribution in [0.25, 0.3) is 38.8 Å². The Hall–Kier alpha value is -4.79. The topological polar surface area (TPSA) is 131 Å². The molecule has 0 spiro atoms. The molecule has 0 amide bonds. The van der Waals surface area contributed by atoms with Crippen LogP contribution in [-0.2, 0) is 0 Å². The third-order valence-corrected chi connectivity index (χ3v) is 5.24. The summed E-state index contributed by atoms with van der Waals surface area (Å²) in [5, 5.41) is 24.4. The number of hydrogen-bond donors (Lipinski definition) is 2. The zero-order valence-electron chi connectivity index (χ0n) is 16.4. The number of nitro benzene ring substituents is 1. The SMILES string of the molecule is O=C(O)c1cccc(-n2[nH]c3c(c(-c4ccc([N+](=O)[O-])cc4)nc4ccccc43)c2=O)c1. The second-order valence-electron chi connectivity index (χ2n) is 7.14. The van der Waals surface area contributed by atoms with Crippen molar-refractivity contribution in [2.24, 2.45) is 0 Å². The summed E-state index contributed by atoms with van der Waals surface area (Å²) in [6.45, 7) is 0. The molecule has 2 heterocycles. The maximum Gasteiger partial charge on any atom is 0.335 e. The summed E-state index contributed by atoms with van der Waals surface area (Å²) in [4.78, 5) is 40.0. The average Bonchev–Trinajstić information content (AvgIpc) is 3.16. The second kappa shape index (κ2) is 7.17. The van der Waals surface area contributed by atoms with Crippen LogP contribution in [-0.4, -0.2) is 30.8 Å². The molecular formula is C23H14N4O5. The molecule has 9 nitrogen and oxygen atoms in total. The molecule has 0 aliphatic heterocycles. The number of pyridine rings is 1. The van der Waals surface area contributed by atoms with E-state index >= 15 is 0 Å². The van der Waals surface area contributed by atoms with Gasteiger partial charge in [0.25, 0.3) is 11.2 Å². The fraction of sp³-hybridized carbons (Fsp3) is 0. The van der Waals surface area contributed by atoms with Crippen LogP contribution in [0.3, 0.4) is 0 Å². The molecule has 0 unspecified atom stereocenters. The van der Waals surface area contributed by atoms with E-state index in [2.05, 4.69) is 10.1 Å². The van der Waals surface area contributed by atoms with Crippen LogP contribution >= 0.6 is 0 Å². The first kappa shape index (κ1) is 19.2. The number of benzene rings is 3. The third-order valence-electron chi connectivity index (χ3n) is 5.24. The summed E-state index contributed by atoms with van der Waals surface area (Å²) >= 11 is 0. The molecule has 2 aromatic heterocycles. The molecule has 0 fully saturated rings. The number of H-pyrrole nitrogens is 1. The van der Waals surface area contributed by atoms with Crippen molar-refractivity contribution >= 4 is 33.5 Å². The fourth-order valence-electron chi connectivity index (χ4n) is 3.72. The Bertz CT molecular complexity index is 1600. The number of carboxylic acids is 1. The van der Waals surface area contributed by atoms with Crippen LogP contribution in [0.5, 0.6) is 0 Å². The molecule has 32 heavy (non-hydrogen) atoms. The minimum absolute atomic E-state index is 0.0478. The summed E-state index contributed by atoms with van der Waals surface area (Å²) in [5.74, 6) is -1.10. The quantitative estimate of drug-likeness (QED) is 0.328. The predicted octanol–water partition coefficient (Wildman–Crippen LogP) is 4.14. The van der Waals surface area contributed by atoms with Crippen molar-refractivity contribution in [3.63, 3.8) is 0 Å². The Morgan fingerprint density at radius 1 is 1.03 bits per heavy atom. The molecule has 9 heteroatoms. The van der Waals surface area contributed by atoms with Crippen LogP contribution < -0.4 is 5.56 Å². The molecule has 5 aromatic rings. The zero-order chi connectivity index (χ0) is 22.4. The fourth-order valence-corrected chi connectivity index (χ4v) is 3.72. The standard InChI is InChI=1S/C23H14N4O5/c28-22-19-20(13-8-10-15(11-9-13)27(31)32)24-18-7-2-1-6-17(18)21(19)25-26(22)16-5-3-4-14(12-16)23(29)30/h1-12,25H,(H,29,30). The molecule has 0 saturated heterocycles. The van der Waals surface area contributed by atoms with Gasteiger partial charge in [0.05, 0.1) is 38.3 Å². The predicted molar refractivity (Wildman–Crippen MR) is 118 cm³/mol. The molecule has 5 rings (SSSR count). The number of para-hydroxylation sites is 1. The monoisotopic (exact) mass is 426 g/mol. The number of rotatable bonds is 4. The molecule has 0 saturated carbocycles. The lowest BCUT2D eigenvalue weighted by Crippen LogP contribution is -2.15. The second-order valence-corrected chi connectivity index (χ2v) is 7.14. The van der Waals surface area contributed by atoms with Crippen molar-refractivity contribution in [3.05, 3.63) is 98.8 Å². The van der Waals surface area contributed by atoms with E-state index in [1.807, 2.05) is 24.3 Å². The number of aromatic amines is 1. The number of nitrogens with zero attached hydrogens (tertiary/aromatic N) is 3. The number of fused-ring (bicyclic) bond motifs is 3. The van der Waals surface area contributed by atoms with E-state index in [0.29, 0.717) is 33.4 Å². The number of carboxylic acid groups (broad SMARTS) is 1. The van der Waals surface area contributed by atoms with E-state index < -0.39 is 16.5 Å². The van der Waals surface area contributed by atoms with E-state index in [9.17, 15) is 24.8 Å². The number of nitrogens with one attached hydrogen (secondary N) is 1. The van der Waals surface area contributed by atoms with Crippen molar-refractivity contribution < 1.29 is 14.8 Å². The number of nitro groups is 1. The number of aromatic carboxylic acids is 1. The zero-order valence-corrected chi connectivity index (χ0v) is 16.4. The van der Waals surface area contributed by atoms with Gasteiger partial charge in [-0.25, -0.2) is 14.5 Å². The molecule has 2 N–H and O–H groups in total. The van der Waals surface area contributed by atoms with Crippen LogP contribution in [0, 0.1) is 10.1 Å². The van der Waals surface area contributed by atoms with Gasteiger partial charge in [-0.3, -0.25) is 20.0 Å². The van der Waals surface area contributed by atoms with Crippen molar-refractivity contribution in [1.82, 2.24) is 14.8 Å². The minimum Gasteiger partial charge on any atom is -0.478 e. The van der Waals surface area contributed by atoms with Gasteiger partial charge >= 0.3 is 5.97 Å². The van der Waals surface area contributed by atoms with Gasteiger partial charge in [-0.05, 0) is 36.4 Å². The molecule has 0 bridgehead atoms. The minimum atomic E-state index is -1.10. The first-order valence-electron chi connectivity index (χ1n) is 9.56. The van der Waals surface area contributed by atoms with Gasteiger partial charge in [0.2, 0.25) is 0 Å². The Balaban J connectivity index is 1.83. The number of aromatic nitrogens is 3. The Labute approximate surface area is 179 Å². The third kappa shape index (κ3) is 3.00. The van der Waals surface area contributed by atoms with E-state index in [4.69, 9.17) is 0 Å². The Kier molecular flexibility index (Phi) is 4.30. The van der Waals surface area contributed by atoms with Gasteiger partial charge in [0.15, 0.2) is 0 Å². The summed E-state index contributed by atoms with van der Waals surface area (Å²) in [6.07, 6.45) is 0. The van der Waals surface area contributed by atoms with Gasteiger partial charge < -0.3 is 5.11 Å².